The van der Waals surface area contributed by atoms with Gasteiger partial charge in [-0.05, 0) is 29.3 Å². The van der Waals surface area contributed by atoms with Crippen LogP contribution in [-0.4, -0.2) is 19.2 Å². The molecule has 1 atom stereocenters. The number of hydrogen-bond acceptors (Lipinski definition) is 3. The monoisotopic (exact) mass is 360 g/mol. The third-order valence-electron chi connectivity index (χ3n) is 5.07. The van der Waals surface area contributed by atoms with Gasteiger partial charge in [0.2, 0.25) is 0 Å². The number of methoxy groups -OCH3 is 2. The summed E-state index contributed by atoms with van der Waals surface area (Å²) in [5.74, 6) is 1.60. The molecule has 27 heavy (non-hydrogen) atoms. The zero-order chi connectivity index (χ0) is 18.8. The maximum atomic E-state index is 5.51. The standard InChI is InChI=1S/C23H24N2O2/c1-15(19-10-6-8-16-7-4-5-9-20(16)19)24-14-17-11-21-22(25-17)12-18(26-2)13-23(21)27-3/h4-13,15,24-25H,14H2,1-3H3. The number of benzene rings is 3. The van der Waals surface area contributed by atoms with Crippen molar-refractivity contribution in [1.29, 1.82) is 0 Å². The van der Waals surface area contributed by atoms with E-state index in [1.807, 2.05) is 12.1 Å². The van der Waals surface area contributed by atoms with Gasteiger partial charge in [-0.15, -0.1) is 0 Å². The summed E-state index contributed by atoms with van der Waals surface area (Å²) in [5, 5.41) is 7.26. The van der Waals surface area contributed by atoms with E-state index in [9.17, 15) is 0 Å². The fourth-order valence-corrected chi connectivity index (χ4v) is 3.62. The molecule has 0 amide bonds. The van der Waals surface area contributed by atoms with Crippen molar-refractivity contribution in [1.82, 2.24) is 10.3 Å². The average molecular weight is 360 g/mol. The molecule has 2 N–H and O–H groups in total. The summed E-state index contributed by atoms with van der Waals surface area (Å²) in [7, 11) is 3.35. The van der Waals surface area contributed by atoms with Crippen molar-refractivity contribution in [3.05, 3.63) is 71.9 Å². The van der Waals surface area contributed by atoms with Gasteiger partial charge >= 0.3 is 0 Å². The summed E-state index contributed by atoms with van der Waals surface area (Å²) in [5.41, 5.74) is 3.44. The van der Waals surface area contributed by atoms with E-state index in [0.717, 1.165) is 34.6 Å². The summed E-state index contributed by atoms with van der Waals surface area (Å²) in [4.78, 5) is 3.47. The highest BCUT2D eigenvalue weighted by molar-refractivity contribution is 5.88. The molecule has 0 aliphatic rings. The number of H-pyrrole nitrogens is 1. The summed E-state index contributed by atoms with van der Waals surface area (Å²) in [6.45, 7) is 2.94. The Balaban J connectivity index is 1.57. The van der Waals surface area contributed by atoms with E-state index in [-0.39, 0.29) is 6.04 Å². The number of nitrogens with one attached hydrogen (secondary N) is 2. The van der Waals surface area contributed by atoms with Gasteiger partial charge in [0.25, 0.3) is 0 Å². The highest BCUT2D eigenvalue weighted by Crippen LogP contribution is 2.32. The molecule has 0 saturated carbocycles. The van der Waals surface area contributed by atoms with Gasteiger partial charge < -0.3 is 19.8 Å². The van der Waals surface area contributed by atoms with Gasteiger partial charge in [-0.1, -0.05) is 42.5 Å². The zero-order valence-electron chi connectivity index (χ0n) is 15.9. The minimum absolute atomic E-state index is 0.235. The van der Waals surface area contributed by atoms with Gasteiger partial charge in [-0.2, -0.15) is 0 Å². The molecule has 4 aromatic rings. The average Bonchev–Trinajstić information content (AvgIpc) is 3.13. The SMILES string of the molecule is COc1cc(OC)c2cc(CNC(C)c3cccc4ccccc34)[nH]c2c1. The summed E-state index contributed by atoms with van der Waals surface area (Å²) in [6.07, 6.45) is 0. The molecule has 0 saturated heterocycles. The van der Waals surface area contributed by atoms with Crippen LogP contribution in [0.2, 0.25) is 0 Å². The van der Waals surface area contributed by atoms with Crippen LogP contribution >= 0.6 is 0 Å². The Bertz CT molecular complexity index is 1080. The normalized spacial score (nSPS) is 12.4. The van der Waals surface area contributed by atoms with E-state index in [1.54, 1.807) is 14.2 Å². The highest BCUT2D eigenvalue weighted by atomic mass is 16.5. The van der Waals surface area contributed by atoms with Crippen molar-refractivity contribution in [2.45, 2.75) is 19.5 Å². The van der Waals surface area contributed by atoms with Gasteiger partial charge in [0.05, 0.1) is 19.7 Å². The van der Waals surface area contributed by atoms with Gasteiger partial charge in [0.15, 0.2) is 0 Å². The molecule has 1 heterocycles. The van der Waals surface area contributed by atoms with Crippen molar-refractivity contribution < 1.29 is 9.47 Å². The smallest absolute Gasteiger partial charge is 0.131 e. The topological polar surface area (TPSA) is 46.3 Å². The van der Waals surface area contributed by atoms with Crippen LogP contribution in [0.5, 0.6) is 11.5 Å². The first-order chi connectivity index (χ1) is 13.2. The van der Waals surface area contributed by atoms with Gasteiger partial charge in [-0.25, -0.2) is 0 Å². The van der Waals surface area contributed by atoms with Gasteiger partial charge in [-0.3, -0.25) is 0 Å². The fraction of sp³-hybridized carbons (Fsp3) is 0.217. The molecule has 1 aromatic heterocycles. The first-order valence-electron chi connectivity index (χ1n) is 9.14. The fourth-order valence-electron chi connectivity index (χ4n) is 3.62. The lowest BCUT2D eigenvalue weighted by atomic mass is 10.00. The van der Waals surface area contributed by atoms with E-state index in [2.05, 4.69) is 65.8 Å². The van der Waals surface area contributed by atoms with Crippen LogP contribution in [0.15, 0.2) is 60.7 Å². The number of hydrogen-bond donors (Lipinski definition) is 2. The van der Waals surface area contributed by atoms with Crippen LogP contribution < -0.4 is 14.8 Å². The molecule has 0 spiro atoms. The van der Waals surface area contributed by atoms with Crippen molar-refractivity contribution in [3.63, 3.8) is 0 Å². The van der Waals surface area contributed by atoms with E-state index in [1.165, 1.54) is 16.3 Å². The molecule has 4 heteroatoms. The summed E-state index contributed by atoms with van der Waals surface area (Å²) < 4.78 is 10.9. The third kappa shape index (κ3) is 3.36. The Labute approximate surface area is 159 Å². The van der Waals surface area contributed by atoms with Crippen molar-refractivity contribution >= 4 is 21.7 Å². The van der Waals surface area contributed by atoms with Crippen LogP contribution in [0, 0.1) is 0 Å². The molecule has 0 bridgehead atoms. The first kappa shape index (κ1) is 17.4. The van der Waals surface area contributed by atoms with E-state index >= 15 is 0 Å². The molecule has 0 radical (unpaired) electrons. The number of aromatic nitrogens is 1. The molecule has 138 valence electrons. The highest BCUT2D eigenvalue weighted by Gasteiger charge is 2.12. The molecule has 1 unspecified atom stereocenters. The Morgan fingerprint density at radius 1 is 0.926 bits per heavy atom. The molecular weight excluding hydrogens is 336 g/mol. The molecular formula is C23H24N2O2. The lowest BCUT2D eigenvalue weighted by Crippen LogP contribution is -2.18. The Morgan fingerprint density at radius 3 is 2.56 bits per heavy atom. The Hall–Kier alpha value is -2.98. The number of aromatic amines is 1. The molecule has 0 aliphatic carbocycles. The van der Waals surface area contributed by atoms with Crippen molar-refractivity contribution in [3.8, 4) is 11.5 Å². The van der Waals surface area contributed by atoms with Gasteiger partial charge in [0, 0.05) is 35.8 Å². The maximum Gasteiger partial charge on any atom is 0.131 e. The van der Waals surface area contributed by atoms with Gasteiger partial charge in [0.1, 0.15) is 11.5 Å². The van der Waals surface area contributed by atoms with E-state index < -0.39 is 0 Å². The van der Waals surface area contributed by atoms with E-state index in [0.29, 0.717) is 0 Å². The predicted molar refractivity (Wildman–Crippen MR) is 111 cm³/mol. The van der Waals surface area contributed by atoms with E-state index in [4.69, 9.17) is 9.47 Å². The van der Waals surface area contributed by atoms with Crippen LogP contribution in [0.4, 0.5) is 0 Å². The second-order valence-electron chi connectivity index (χ2n) is 6.76. The number of rotatable bonds is 6. The predicted octanol–water partition coefficient (Wildman–Crippen LogP) is 5.19. The molecule has 0 aliphatic heterocycles. The minimum Gasteiger partial charge on any atom is -0.497 e. The second kappa shape index (κ2) is 7.33. The minimum atomic E-state index is 0.235. The Morgan fingerprint density at radius 2 is 1.74 bits per heavy atom. The molecule has 4 rings (SSSR count). The molecule has 0 fully saturated rings. The number of ether oxygens (including phenoxy) is 2. The lowest BCUT2D eigenvalue weighted by Gasteiger charge is -2.16. The lowest BCUT2D eigenvalue weighted by molar-refractivity contribution is 0.398. The molecule has 4 nitrogen and oxygen atoms in total. The van der Waals surface area contributed by atoms with Crippen molar-refractivity contribution in [2.75, 3.05) is 14.2 Å². The van der Waals surface area contributed by atoms with Crippen molar-refractivity contribution in [2.24, 2.45) is 0 Å². The summed E-state index contributed by atoms with van der Waals surface area (Å²) in [6, 6.07) is 21.3. The Kier molecular flexibility index (Phi) is 4.73. The number of fused-ring (bicyclic) bond motifs is 2. The van der Waals surface area contributed by atoms with Crippen LogP contribution in [0.25, 0.3) is 21.7 Å². The first-order valence-corrected chi connectivity index (χ1v) is 9.14. The maximum absolute atomic E-state index is 5.51. The molecule has 3 aromatic carbocycles. The zero-order valence-corrected chi connectivity index (χ0v) is 15.9. The van der Waals surface area contributed by atoms with Crippen LogP contribution in [0.3, 0.4) is 0 Å². The van der Waals surface area contributed by atoms with Crippen LogP contribution in [0.1, 0.15) is 24.2 Å². The second-order valence-corrected chi connectivity index (χ2v) is 6.76. The third-order valence-corrected chi connectivity index (χ3v) is 5.07. The largest absolute Gasteiger partial charge is 0.497 e. The van der Waals surface area contributed by atoms with Crippen LogP contribution in [-0.2, 0) is 6.54 Å². The summed E-state index contributed by atoms with van der Waals surface area (Å²) >= 11 is 0. The quantitative estimate of drug-likeness (QED) is 0.497.